The molecule has 27 heavy (non-hydrogen) atoms. The number of aliphatic carboxylic acids is 1. The number of rotatable bonds is 11. The minimum absolute atomic E-state index is 0.0836. The van der Waals surface area contributed by atoms with Crippen LogP contribution in [0.4, 0.5) is 0 Å². The summed E-state index contributed by atoms with van der Waals surface area (Å²) >= 11 is 0. The van der Waals surface area contributed by atoms with Crippen LogP contribution in [0.25, 0.3) is 0 Å². The van der Waals surface area contributed by atoms with Crippen molar-refractivity contribution in [1.29, 1.82) is 0 Å². The molecular formula is C22H30O5. The molecule has 5 heteroatoms. The van der Waals surface area contributed by atoms with Crippen LogP contribution in [0.2, 0.25) is 0 Å². The third kappa shape index (κ3) is 7.27. The maximum Gasteiger partial charge on any atom is 0.303 e. The van der Waals surface area contributed by atoms with Gasteiger partial charge >= 0.3 is 5.97 Å². The normalized spacial score (nSPS) is 23.8. The van der Waals surface area contributed by atoms with E-state index in [1.807, 2.05) is 30.3 Å². The summed E-state index contributed by atoms with van der Waals surface area (Å²) in [6.45, 7) is 0. The lowest BCUT2D eigenvalue weighted by Gasteiger charge is -2.18. The number of carboxylic acids is 1. The Morgan fingerprint density at radius 2 is 1.85 bits per heavy atom. The van der Waals surface area contributed by atoms with Crippen molar-refractivity contribution in [2.45, 2.75) is 63.6 Å². The van der Waals surface area contributed by atoms with Gasteiger partial charge in [0.2, 0.25) is 0 Å². The topological polar surface area (TPSA) is 94.8 Å². The van der Waals surface area contributed by atoms with Gasteiger partial charge in [-0.05, 0) is 18.4 Å². The van der Waals surface area contributed by atoms with Crippen molar-refractivity contribution in [3.8, 4) is 0 Å². The zero-order valence-electron chi connectivity index (χ0n) is 15.7. The summed E-state index contributed by atoms with van der Waals surface area (Å²) in [5.41, 5.74) is 1.04. The Morgan fingerprint density at radius 1 is 1.15 bits per heavy atom. The van der Waals surface area contributed by atoms with Crippen molar-refractivity contribution in [1.82, 2.24) is 0 Å². The molecule has 1 fully saturated rings. The lowest BCUT2D eigenvalue weighted by Crippen LogP contribution is -2.19. The van der Waals surface area contributed by atoms with E-state index in [0.717, 1.165) is 24.8 Å². The molecule has 0 aromatic heterocycles. The third-order valence-electron chi connectivity index (χ3n) is 5.23. The maximum atomic E-state index is 12.2. The minimum atomic E-state index is -0.775. The number of carboxylic acid groups (broad SMARTS) is 1. The second-order valence-corrected chi connectivity index (χ2v) is 7.41. The number of carbonyl (C=O) groups excluding carboxylic acids is 1. The molecule has 0 spiro atoms. The summed E-state index contributed by atoms with van der Waals surface area (Å²) in [7, 11) is 0. The highest BCUT2D eigenvalue weighted by Gasteiger charge is 2.39. The Morgan fingerprint density at radius 3 is 2.56 bits per heavy atom. The molecule has 0 unspecified atom stereocenters. The number of unbranched alkanes of at least 4 members (excludes halogenated alkanes) is 3. The molecule has 5 nitrogen and oxygen atoms in total. The fourth-order valence-corrected chi connectivity index (χ4v) is 3.77. The van der Waals surface area contributed by atoms with Crippen LogP contribution in [-0.4, -0.2) is 39.3 Å². The number of Topliss-reactive ketones (excluding diaryl/α,β-unsaturated/α-hetero) is 1. The largest absolute Gasteiger partial charge is 0.481 e. The fraction of sp³-hybridized carbons (Fsp3) is 0.545. The highest BCUT2D eigenvalue weighted by Crippen LogP contribution is 2.34. The van der Waals surface area contributed by atoms with E-state index in [9.17, 15) is 19.8 Å². The summed E-state index contributed by atoms with van der Waals surface area (Å²) in [4.78, 5) is 22.7. The maximum absolute atomic E-state index is 12.2. The molecule has 0 heterocycles. The monoisotopic (exact) mass is 374 g/mol. The summed E-state index contributed by atoms with van der Waals surface area (Å²) in [6.07, 6.45) is 6.96. The molecule has 1 aliphatic rings. The van der Waals surface area contributed by atoms with Gasteiger partial charge in [-0.15, -0.1) is 0 Å². The summed E-state index contributed by atoms with van der Waals surface area (Å²) in [6, 6.07) is 9.70. The van der Waals surface area contributed by atoms with Crippen LogP contribution < -0.4 is 0 Å². The Bertz CT molecular complexity index is 625. The molecule has 1 saturated carbocycles. The lowest BCUT2D eigenvalue weighted by molar-refractivity contribution is -0.137. The van der Waals surface area contributed by atoms with E-state index in [1.165, 1.54) is 0 Å². The summed E-state index contributed by atoms with van der Waals surface area (Å²) in [5, 5.41) is 29.1. The third-order valence-corrected chi connectivity index (χ3v) is 5.23. The van der Waals surface area contributed by atoms with Gasteiger partial charge in [0.15, 0.2) is 0 Å². The molecule has 0 radical (unpaired) electrons. The van der Waals surface area contributed by atoms with Crippen molar-refractivity contribution >= 4 is 11.8 Å². The average molecular weight is 374 g/mol. The van der Waals surface area contributed by atoms with Crippen molar-refractivity contribution < 1.29 is 24.9 Å². The number of benzene rings is 1. The fourth-order valence-electron chi connectivity index (χ4n) is 3.77. The van der Waals surface area contributed by atoms with Crippen molar-refractivity contribution in [3.63, 3.8) is 0 Å². The average Bonchev–Trinajstić information content (AvgIpc) is 2.89. The van der Waals surface area contributed by atoms with Gasteiger partial charge in [0.25, 0.3) is 0 Å². The lowest BCUT2D eigenvalue weighted by atomic mass is 9.88. The van der Waals surface area contributed by atoms with Crippen molar-refractivity contribution in [2.75, 3.05) is 0 Å². The molecule has 0 saturated heterocycles. The molecule has 4 atom stereocenters. The number of carbonyl (C=O) groups is 2. The van der Waals surface area contributed by atoms with Crippen LogP contribution in [0.15, 0.2) is 42.5 Å². The van der Waals surface area contributed by atoms with E-state index in [2.05, 4.69) is 0 Å². The number of hydrogen-bond acceptors (Lipinski definition) is 4. The SMILES string of the molecule is O=C(O)CCCCCC[C@@H]1C(=O)C[C@@H](O)[C@@H]1/C=C/[C@H](O)Cc1ccccc1. The molecule has 3 N–H and O–H groups in total. The Kier molecular flexibility index (Phi) is 8.69. The smallest absolute Gasteiger partial charge is 0.303 e. The first-order valence-corrected chi connectivity index (χ1v) is 9.80. The van der Waals surface area contributed by atoms with Gasteiger partial charge < -0.3 is 15.3 Å². The van der Waals surface area contributed by atoms with E-state index in [1.54, 1.807) is 12.2 Å². The van der Waals surface area contributed by atoms with Crippen LogP contribution >= 0.6 is 0 Å². The molecule has 2 rings (SSSR count). The first-order valence-electron chi connectivity index (χ1n) is 9.80. The molecule has 0 aliphatic heterocycles. The van der Waals surface area contributed by atoms with Gasteiger partial charge in [0, 0.05) is 31.1 Å². The Labute approximate surface area is 160 Å². The number of aliphatic hydroxyl groups excluding tert-OH is 2. The molecule has 1 aromatic rings. The second-order valence-electron chi connectivity index (χ2n) is 7.41. The van der Waals surface area contributed by atoms with Gasteiger partial charge in [-0.1, -0.05) is 61.7 Å². The van der Waals surface area contributed by atoms with Crippen LogP contribution in [0.5, 0.6) is 0 Å². The predicted octanol–water partition coefficient (Wildman–Crippen LogP) is 3.14. The molecule has 0 bridgehead atoms. The van der Waals surface area contributed by atoms with E-state index < -0.39 is 18.2 Å². The van der Waals surface area contributed by atoms with Gasteiger partial charge in [-0.2, -0.15) is 0 Å². The van der Waals surface area contributed by atoms with Gasteiger partial charge in [0.05, 0.1) is 12.2 Å². The molecule has 148 valence electrons. The van der Waals surface area contributed by atoms with E-state index in [4.69, 9.17) is 5.11 Å². The highest BCUT2D eigenvalue weighted by atomic mass is 16.4. The zero-order valence-corrected chi connectivity index (χ0v) is 15.7. The summed E-state index contributed by atoms with van der Waals surface area (Å²) in [5.74, 6) is -1.15. The minimum Gasteiger partial charge on any atom is -0.481 e. The molecule has 1 aromatic carbocycles. The molecule has 0 amide bonds. The first kappa shape index (κ1) is 21.3. The van der Waals surface area contributed by atoms with E-state index >= 15 is 0 Å². The number of aliphatic hydroxyl groups is 2. The molecule has 1 aliphatic carbocycles. The number of hydrogen-bond donors (Lipinski definition) is 3. The quantitative estimate of drug-likeness (QED) is 0.409. The Balaban J connectivity index is 1.81. The van der Waals surface area contributed by atoms with Crippen LogP contribution in [-0.2, 0) is 16.0 Å². The van der Waals surface area contributed by atoms with E-state index in [-0.39, 0.29) is 30.5 Å². The predicted molar refractivity (Wildman–Crippen MR) is 103 cm³/mol. The van der Waals surface area contributed by atoms with E-state index in [0.29, 0.717) is 19.3 Å². The van der Waals surface area contributed by atoms with Crippen molar-refractivity contribution in [3.05, 3.63) is 48.0 Å². The standard InChI is InChI=1S/C22H30O5/c23-17(14-16-8-4-3-5-9-16)12-13-19-18(20(24)15-21(19)25)10-6-1-2-7-11-22(26)27/h3-5,8-9,12-13,17-19,21,23,25H,1-2,6-7,10-11,14-15H2,(H,26,27)/b13-12+/t17-,18-,19+,21+/m0/s1. The number of ketones is 1. The van der Waals surface area contributed by atoms with Crippen LogP contribution in [0.3, 0.4) is 0 Å². The molecular weight excluding hydrogens is 344 g/mol. The van der Waals surface area contributed by atoms with Crippen LogP contribution in [0.1, 0.15) is 50.5 Å². The zero-order chi connectivity index (χ0) is 19.6. The van der Waals surface area contributed by atoms with Gasteiger partial charge in [-0.3, -0.25) is 9.59 Å². The van der Waals surface area contributed by atoms with Gasteiger partial charge in [-0.25, -0.2) is 0 Å². The highest BCUT2D eigenvalue weighted by molar-refractivity contribution is 5.84. The van der Waals surface area contributed by atoms with Crippen LogP contribution in [0, 0.1) is 11.8 Å². The summed E-state index contributed by atoms with van der Waals surface area (Å²) < 4.78 is 0. The second kappa shape index (κ2) is 11.0. The van der Waals surface area contributed by atoms with Gasteiger partial charge in [0.1, 0.15) is 5.78 Å². The Hall–Kier alpha value is -1.98. The van der Waals surface area contributed by atoms with Crippen molar-refractivity contribution in [2.24, 2.45) is 11.8 Å². The first-order chi connectivity index (χ1) is 13.0.